The van der Waals surface area contributed by atoms with Crippen molar-refractivity contribution in [2.24, 2.45) is 0 Å². The van der Waals surface area contributed by atoms with Crippen LogP contribution < -0.4 is 10.1 Å². The average molecular weight is 283 g/mol. The van der Waals surface area contributed by atoms with Gasteiger partial charge in [-0.2, -0.15) is 0 Å². The molecule has 0 aliphatic heterocycles. The van der Waals surface area contributed by atoms with E-state index in [4.69, 9.17) is 16.3 Å². The molecule has 96 valence electrons. The van der Waals surface area contributed by atoms with E-state index in [1.165, 1.54) is 4.88 Å². The molecule has 18 heavy (non-hydrogen) atoms. The van der Waals surface area contributed by atoms with Crippen molar-refractivity contribution < 1.29 is 4.74 Å². The highest BCUT2D eigenvalue weighted by atomic mass is 35.5. The van der Waals surface area contributed by atoms with E-state index in [1.807, 2.05) is 31.5 Å². The van der Waals surface area contributed by atoms with Crippen LogP contribution in [0.4, 0.5) is 5.69 Å². The number of nitrogens with zero attached hydrogens (tertiary/aromatic N) is 1. The molecule has 1 aromatic carbocycles. The normalized spacial score (nSPS) is 10.4. The van der Waals surface area contributed by atoms with Crippen LogP contribution in [0.2, 0.25) is 5.02 Å². The van der Waals surface area contributed by atoms with Gasteiger partial charge >= 0.3 is 0 Å². The second kappa shape index (κ2) is 5.59. The quantitative estimate of drug-likeness (QED) is 0.919. The van der Waals surface area contributed by atoms with Gasteiger partial charge in [0.15, 0.2) is 0 Å². The van der Waals surface area contributed by atoms with Gasteiger partial charge in [0.05, 0.1) is 30.5 Å². The zero-order chi connectivity index (χ0) is 13.1. The van der Waals surface area contributed by atoms with Crippen molar-refractivity contribution >= 4 is 28.6 Å². The number of thiazole rings is 1. The highest BCUT2D eigenvalue weighted by Crippen LogP contribution is 2.31. The molecule has 0 radical (unpaired) electrons. The van der Waals surface area contributed by atoms with Gasteiger partial charge in [0.25, 0.3) is 0 Å². The van der Waals surface area contributed by atoms with Gasteiger partial charge in [-0.25, -0.2) is 4.98 Å². The minimum atomic E-state index is 0.714. The van der Waals surface area contributed by atoms with Crippen LogP contribution in [0.15, 0.2) is 17.6 Å². The maximum atomic E-state index is 6.07. The zero-order valence-corrected chi connectivity index (χ0v) is 12.2. The third-order valence-corrected chi connectivity index (χ3v) is 4.11. The van der Waals surface area contributed by atoms with Crippen LogP contribution in [0.1, 0.15) is 16.1 Å². The van der Waals surface area contributed by atoms with Gasteiger partial charge < -0.3 is 10.1 Å². The Labute approximate surface area is 116 Å². The molecule has 0 saturated heterocycles. The number of nitrogens with one attached hydrogen (secondary N) is 1. The second-order valence-electron chi connectivity index (χ2n) is 4.02. The molecule has 2 aromatic rings. The van der Waals surface area contributed by atoms with Gasteiger partial charge in [0, 0.05) is 16.0 Å². The number of rotatable bonds is 4. The molecule has 3 nitrogen and oxygen atoms in total. The molecule has 5 heteroatoms. The number of benzene rings is 1. The van der Waals surface area contributed by atoms with E-state index in [0.717, 1.165) is 29.2 Å². The summed E-state index contributed by atoms with van der Waals surface area (Å²) in [6.07, 6.45) is 0. The fourth-order valence-corrected chi connectivity index (χ4v) is 2.51. The Morgan fingerprint density at radius 2 is 2.17 bits per heavy atom. The third kappa shape index (κ3) is 2.76. The first-order chi connectivity index (χ1) is 8.61. The molecule has 0 unspecified atom stereocenters. The lowest BCUT2D eigenvalue weighted by molar-refractivity contribution is 0.416. The molecule has 0 aliphatic carbocycles. The molecule has 1 heterocycles. The summed E-state index contributed by atoms with van der Waals surface area (Å²) in [4.78, 5) is 5.46. The summed E-state index contributed by atoms with van der Waals surface area (Å²) < 4.78 is 5.32. The molecule has 0 saturated carbocycles. The van der Waals surface area contributed by atoms with E-state index in [-0.39, 0.29) is 0 Å². The van der Waals surface area contributed by atoms with Crippen LogP contribution in [-0.4, -0.2) is 12.1 Å². The number of aromatic nitrogens is 1. The summed E-state index contributed by atoms with van der Waals surface area (Å²) in [5.41, 5.74) is 4.90. The minimum Gasteiger partial charge on any atom is -0.495 e. The van der Waals surface area contributed by atoms with Crippen molar-refractivity contribution in [3.8, 4) is 5.75 Å². The number of aryl methyl sites for hydroxylation is 2. The predicted molar refractivity (Wildman–Crippen MR) is 76.9 cm³/mol. The standard InChI is InChI=1S/C13H15ClN2OS/c1-8-4-11(12(17-3)5-10(8)14)15-6-13-9(2)16-7-18-13/h4-5,7,15H,6H2,1-3H3. The predicted octanol–water partition coefficient (Wildman–Crippen LogP) is 4.03. The molecule has 1 N–H and O–H groups in total. The fourth-order valence-electron chi connectivity index (χ4n) is 1.64. The SMILES string of the molecule is COc1cc(Cl)c(C)cc1NCc1scnc1C. The highest BCUT2D eigenvalue weighted by molar-refractivity contribution is 7.09. The van der Waals surface area contributed by atoms with Crippen LogP contribution in [-0.2, 0) is 6.54 Å². The van der Waals surface area contributed by atoms with Crippen LogP contribution in [0.25, 0.3) is 0 Å². The van der Waals surface area contributed by atoms with Crippen molar-refractivity contribution in [1.29, 1.82) is 0 Å². The first-order valence-electron chi connectivity index (χ1n) is 5.58. The summed E-state index contributed by atoms with van der Waals surface area (Å²) in [5.74, 6) is 0.757. The summed E-state index contributed by atoms with van der Waals surface area (Å²) in [6.45, 7) is 4.73. The monoisotopic (exact) mass is 282 g/mol. The van der Waals surface area contributed by atoms with Crippen LogP contribution in [0.3, 0.4) is 0 Å². The van der Waals surface area contributed by atoms with E-state index in [1.54, 1.807) is 18.4 Å². The summed E-state index contributed by atoms with van der Waals surface area (Å²) in [7, 11) is 1.64. The number of hydrogen-bond donors (Lipinski definition) is 1. The van der Waals surface area contributed by atoms with Gasteiger partial charge in [-0.05, 0) is 25.5 Å². The Morgan fingerprint density at radius 3 is 2.78 bits per heavy atom. The Balaban J connectivity index is 2.18. The second-order valence-corrected chi connectivity index (χ2v) is 5.36. The third-order valence-electron chi connectivity index (χ3n) is 2.77. The Morgan fingerprint density at radius 1 is 1.39 bits per heavy atom. The molecule has 2 rings (SSSR count). The van der Waals surface area contributed by atoms with Crippen molar-refractivity contribution in [3.63, 3.8) is 0 Å². The number of halogens is 1. The maximum Gasteiger partial charge on any atom is 0.143 e. The number of methoxy groups -OCH3 is 1. The molecule has 0 aliphatic rings. The fraction of sp³-hybridized carbons (Fsp3) is 0.308. The molecule has 0 fully saturated rings. The molecule has 0 atom stereocenters. The van der Waals surface area contributed by atoms with Gasteiger partial charge in [0.2, 0.25) is 0 Å². The van der Waals surface area contributed by atoms with Gasteiger partial charge in [-0.15, -0.1) is 11.3 Å². The van der Waals surface area contributed by atoms with E-state index in [9.17, 15) is 0 Å². The summed E-state index contributed by atoms with van der Waals surface area (Å²) >= 11 is 7.72. The van der Waals surface area contributed by atoms with Crippen molar-refractivity contribution in [3.05, 3.63) is 38.8 Å². The average Bonchev–Trinajstić information content (AvgIpc) is 2.76. The minimum absolute atomic E-state index is 0.714. The van der Waals surface area contributed by atoms with Crippen molar-refractivity contribution in [1.82, 2.24) is 4.98 Å². The molecule has 1 aromatic heterocycles. The van der Waals surface area contributed by atoms with Crippen LogP contribution in [0, 0.1) is 13.8 Å². The van der Waals surface area contributed by atoms with Gasteiger partial charge in [0.1, 0.15) is 5.75 Å². The van der Waals surface area contributed by atoms with Crippen molar-refractivity contribution in [2.45, 2.75) is 20.4 Å². The molecule has 0 spiro atoms. The molecular formula is C13H15ClN2OS. The van der Waals surface area contributed by atoms with Crippen LogP contribution in [0.5, 0.6) is 5.75 Å². The lowest BCUT2D eigenvalue weighted by atomic mass is 10.2. The topological polar surface area (TPSA) is 34.1 Å². The Hall–Kier alpha value is -1.26. The molecular weight excluding hydrogens is 268 g/mol. The van der Waals surface area contributed by atoms with E-state index < -0.39 is 0 Å². The van der Waals surface area contributed by atoms with E-state index in [0.29, 0.717) is 5.02 Å². The Bertz CT molecular complexity index is 554. The number of hydrogen-bond acceptors (Lipinski definition) is 4. The number of ether oxygens (including phenoxy) is 1. The smallest absolute Gasteiger partial charge is 0.143 e. The molecule has 0 amide bonds. The summed E-state index contributed by atoms with van der Waals surface area (Å²) in [6, 6.07) is 3.83. The molecule has 0 bridgehead atoms. The van der Waals surface area contributed by atoms with E-state index in [2.05, 4.69) is 10.3 Å². The lowest BCUT2D eigenvalue weighted by Crippen LogP contribution is -2.01. The maximum absolute atomic E-state index is 6.07. The Kier molecular flexibility index (Phi) is 4.09. The summed E-state index contributed by atoms with van der Waals surface area (Å²) in [5, 5.41) is 4.08. The van der Waals surface area contributed by atoms with Crippen molar-refractivity contribution in [2.75, 3.05) is 12.4 Å². The first kappa shape index (κ1) is 13.2. The zero-order valence-electron chi connectivity index (χ0n) is 10.6. The van der Waals surface area contributed by atoms with Gasteiger partial charge in [-0.3, -0.25) is 0 Å². The lowest BCUT2D eigenvalue weighted by Gasteiger charge is -2.12. The first-order valence-corrected chi connectivity index (χ1v) is 6.84. The van der Waals surface area contributed by atoms with E-state index >= 15 is 0 Å². The number of anilines is 1. The van der Waals surface area contributed by atoms with Gasteiger partial charge in [-0.1, -0.05) is 11.6 Å². The highest BCUT2D eigenvalue weighted by Gasteiger charge is 2.08. The largest absolute Gasteiger partial charge is 0.495 e. The van der Waals surface area contributed by atoms with Crippen LogP contribution >= 0.6 is 22.9 Å².